The lowest BCUT2D eigenvalue weighted by Gasteiger charge is -2.18. The molecule has 0 aromatic carbocycles. The first-order valence-corrected chi connectivity index (χ1v) is 8.80. The molecule has 0 saturated heterocycles. The van der Waals surface area contributed by atoms with Gasteiger partial charge in [0.15, 0.2) is 5.65 Å². The molecule has 0 spiro atoms. The first-order valence-electron chi connectivity index (χ1n) is 8.42. The van der Waals surface area contributed by atoms with Gasteiger partial charge in [-0.15, -0.1) is 0 Å². The van der Waals surface area contributed by atoms with Gasteiger partial charge in [0.2, 0.25) is 0 Å². The van der Waals surface area contributed by atoms with Gasteiger partial charge < -0.3 is 5.32 Å². The van der Waals surface area contributed by atoms with E-state index in [0.29, 0.717) is 28.6 Å². The Morgan fingerprint density at radius 2 is 1.96 bits per heavy atom. The van der Waals surface area contributed by atoms with Crippen molar-refractivity contribution in [1.82, 2.24) is 20.3 Å². The number of amides is 1. The van der Waals surface area contributed by atoms with E-state index in [9.17, 15) is 4.79 Å². The predicted octanol–water partition coefficient (Wildman–Crippen LogP) is 4.21. The average Bonchev–Trinajstić information content (AvgIpc) is 2.59. The minimum atomic E-state index is -0.197. The number of halogens is 1. The number of hydrogen-bond acceptors (Lipinski definition) is 4. The van der Waals surface area contributed by atoms with E-state index < -0.39 is 0 Å². The largest absolute Gasteiger partial charge is 0.348 e. The molecule has 3 aromatic heterocycles. The fourth-order valence-electron chi connectivity index (χ4n) is 2.61. The van der Waals surface area contributed by atoms with E-state index in [-0.39, 0.29) is 11.3 Å². The molecule has 0 fully saturated rings. The van der Waals surface area contributed by atoms with Crippen molar-refractivity contribution in [2.24, 2.45) is 0 Å². The van der Waals surface area contributed by atoms with Crippen molar-refractivity contribution < 1.29 is 4.79 Å². The van der Waals surface area contributed by atoms with E-state index in [2.05, 4.69) is 41.0 Å². The SMILES string of the molecule is Cc1nc2ncccc2cc1C(=O)NCc1ccc(C(C)(C)C)nc1Cl. The highest BCUT2D eigenvalue weighted by molar-refractivity contribution is 6.30. The smallest absolute Gasteiger partial charge is 0.253 e. The summed E-state index contributed by atoms with van der Waals surface area (Å²) in [6, 6.07) is 9.37. The lowest BCUT2D eigenvalue weighted by molar-refractivity contribution is 0.0950. The van der Waals surface area contributed by atoms with Crippen molar-refractivity contribution in [1.29, 1.82) is 0 Å². The van der Waals surface area contributed by atoms with E-state index >= 15 is 0 Å². The van der Waals surface area contributed by atoms with Crippen molar-refractivity contribution in [3.63, 3.8) is 0 Å². The summed E-state index contributed by atoms with van der Waals surface area (Å²) in [7, 11) is 0. The molecule has 0 saturated carbocycles. The van der Waals surface area contributed by atoms with Gasteiger partial charge >= 0.3 is 0 Å². The lowest BCUT2D eigenvalue weighted by Crippen LogP contribution is -2.24. The second kappa shape index (κ2) is 7.00. The topological polar surface area (TPSA) is 67.8 Å². The summed E-state index contributed by atoms with van der Waals surface area (Å²) in [4.78, 5) is 25.6. The maximum Gasteiger partial charge on any atom is 0.253 e. The predicted molar refractivity (Wildman–Crippen MR) is 103 cm³/mol. The van der Waals surface area contributed by atoms with Crippen LogP contribution in [0, 0.1) is 6.92 Å². The number of nitrogens with one attached hydrogen (secondary N) is 1. The van der Waals surface area contributed by atoms with Gasteiger partial charge in [0, 0.05) is 34.8 Å². The first-order chi connectivity index (χ1) is 12.3. The highest BCUT2D eigenvalue weighted by Gasteiger charge is 2.17. The van der Waals surface area contributed by atoms with Crippen LogP contribution in [-0.2, 0) is 12.0 Å². The van der Waals surface area contributed by atoms with Crippen LogP contribution in [0.4, 0.5) is 0 Å². The van der Waals surface area contributed by atoms with Crippen LogP contribution in [-0.4, -0.2) is 20.9 Å². The van der Waals surface area contributed by atoms with Crippen molar-refractivity contribution in [3.05, 3.63) is 64.2 Å². The van der Waals surface area contributed by atoms with Crippen LogP contribution in [0.15, 0.2) is 36.5 Å². The molecule has 0 aliphatic heterocycles. The molecule has 0 atom stereocenters. The standard InChI is InChI=1S/C20H21ClN4O/c1-12-15(10-13-6-5-9-22-18(13)24-12)19(26)23-11-14-7-8-16(20(2,3)4)25-17(14)21/h5-10H,11H2,1-4H3,(H,23,26). The van der Waals surface area contributed by atoms with Crippen LogP contribution in [0.2, 0.25) is 5.15 Å². The van der Waals surface area contributed by atoms with E-state index in [1.165, 1.54) is 0 Å². The molecule has 6 heteroatoms. The lowest BCUT2D eigenvalue weighted by atomic mass is 9.91. The Hall–Kier alpha value is -2.53. The molecule has 0 aliphatic carbocycles. The average molecular weight is 369 g/mol. The number of aromatic nitrogens is 3. The Labute approximate surface area is 157 Å². The fourth-order valence-corrected chi connectivity index (χ4v) is 2.83. The number of hydrogen-bond donors (Lipinski definition) is 1. The van der Waals surface area contributed by atoms with Crippen LogP contribution in [0.3, 0.4) is 0 Å². The third-order valence-electron chi connectivity index (χ3n) is 4.16. The van der Waals surface area contributed by atoms with Crippen LogP contribution in [0.5, 0.6) is 0 Å². The van der Waals surface area contributed by atoms with E-state index in [1.54, 1.807) is 13.1 Å². The Morgan fingerprint density at radius 3 is 2.65 bits per heavy atom. The summed E-state index contributed by atoms with van der Waals surface area (Å²) in [6.45, 7) is 8.35. The highest BCUT2D eigenvalue weighted by atomic mass is 35.5. The third-order valence-corrected chi connectivity index (χ3v) is 4.49. The minimum Gasteiger partial charge on any atom is -0.348 e. The molecular formula is C20H21ClN4O. The number of fused-ring (bicyclic) bond motifs is 1. The Bertz CT molecular complexity index is 979. The van der Waals surface area contributed by atoms with Crippen molar-refractivity contribution >= 4 is 28.5 Å². The second-order valence-corrected chi connectivity index (χ2v) is 7.61. The molecule has 0 unspecified atom stereocenters. The minimum absolute atomic E-state index is 0.0761. The fraction of sp³-hybridized carbons (Fsp3) is 0.300. The van der Waals surface area contributed by atoms with Gasteiger partial charge in [0.05, 0.1) is 11.3 Å². The van der Waals surface area contributed by atoms with Crippen LogP contribution >= 0.6 is 11.6 Å². The molecule has 3 rings (SSSR count). The zero-order chi connectivity index (χ0) is 18.9. The second-order valence-electron chi connectivity index (χ2n) is 7.25. The van der Waals surface area contributed by atoms with E-state index in [1.807, 2.05) is 30.3 Å². The first kappa shape index (κ1) is 18.3. The van der Waals surface area contributed by atoms with Gasteiger partial charge in [0.25, 0.3) is 5.91 Å². The molecule has 0 aliphatic rings. The zero-order valence-corrected chi connectivity index (χ0v) is 16.1. The van der Waals surface area contributed by atoms with Gasteiger partial charge in [-0.3, -0.25) is 4.79 Å². The number of pyridine rings is 3. The molecule has 0 bridgehead atoms. The number of carbonyl (C=O) groups is 1. The molecule has 5 nitrogen and oxygen atoms in total. The Kier molecular flexibility index (Phi) is 4.92. The molecular weight excluding hydrogens is 348 g/mol. The molecule has 26 heavy (non-hydrogen) atoms. The van der Waals surface area contributed by atoms with Crippen molar-refractivity contribution in [2.45, 2.75) is 39.7 Å². The molecule has 1 amide bonds. The summed E-state index contributed by atoms with van der Waals surface area (Å²) in [6.07, 6.45) is 1.69. The van der Waals surface area contributed by atoms with Crippen LogP contribution < -0.4 is 5.32 Å². The van der Waals surface area contributed by atoms with Gasteiger partial charge in [-0.05, 0) is 31.2 Å². The van der Waals surface area contributed by atoms with Gasteiger partial charge in [0.1, 0.15) is 5.15 Å². The Morgan fingerprint density at radius 1 is 1.19 bits per heavy atom. The zero-order valence-electron chi connectivity index (χ0n) is 15.3. The molecule has 3 heterocycles. The molecule has 1 N–H and O–H groups in total. The normalized spacial score (nSPS) is 11.6. The van der Waals surface area contributed by atoms with E-state index in [0.717, 1.165) is 16.6 Å². The Balaban J connectivity index is 1.78. The maximum absolute atomic E-state index is 12.6. The highest BCUT2D eigenvalue weighted by Crippen LogP contribution is 2.23. The van der Waals surface area contributed by atoms with Gasteiger partial charge in [-0.2, -0.15) is 0 Å². The third kappa shape index (κ3) is 3.83. The summed E-state index contributed by atoms with van der Waals surface area (Å²) in [5.74, 6) is -0.197. The van der Waals surface area contributed by atoms with Crippen LogP contribution in [0.1, 0.15) is 48.1 Å². The quantitative estimate of drug-likeness (QED) is 0.703. The van der Waals surface area contributed by atoms with Crippen molar-refractivity contribution in [3.8, 4) is 0 Å². The summed E-state index contributed by atoms with van der Waals surface area (Å²) >= 11 is 6.29. The molecule has 3 aromatic rings. The number of aryl methyl sites for hydroxylation is 1. The summed E-state index contributed by atoms with van der Waals surface area (Å²) in [5, 5.41) is 4.14. The monoisotopic (exact) mass is 368 g/mol. The number of nitrogens with zero attached hydrogens (tertiary/aromatic N) is 3. The van der Waals surface area contributed by atoms with Crippen molar-refractivity contribution in [2.75, 3.05) is 0 Å². The summed E-state index contributed by atoms with van der Waals surface area (Å²) in [5.41, 5.74) is 3.42. The number of rotatable bonds is 3. The van der Waals surface area contributed by atoms with Crippen LogP contribution in [0.25, 0.3) is 11.0 Å². The summed E-state index contributed by atoms with van der Waals surface area (Å²) < 4.78 is 0. The molecule has 0 radical (unpaired) electrons. The van der Waals surface area contributed by atoms with E-state index in [4.69, 9.17) is 11.6 Å². The van der Waals surface area contributed by atoms with Gasteiger partial charge in [-0.1, -0.05) is 38.4 Å². The van der Waals surface area contributed by atoms with Gasteiger partial charge in [-0.25, -0.2) is 15.0 Å². The maximum atomic E-state index is 12.6. The molecule has 134 valence electrons. The number of carbonyl (C=O) groups excluding carboxylic acids is 1.